The first-order valence-electron chi connectivity index (χ1n) is 9.47. The maximum absolute atomic E-state index is 5.68. The average molecular weight is 375 g/mol. The minimum Gasteiger partial charge on any atom is -0.486 e. The molecular formula is C21H21N5O2. The quantitative estimate of drug-likeness (QED) is 0.699. The average Bonchev–Trinajstić information content (AvgIpc) is 3.25. The maximum Gasteiger partial charge on any atom is 0.163 e. The molecule has 4 heterocycles. The molecule has 0 atom stereocenters. The van der Waals surface area contributed by atoms with Crippen LogP contribution in [0.5, 0.6) is 11.5 Å². The summed E-state index contributed by atoms with van der Waals surface area (Å²) >= 11 is 0. The number of rotatable bonds is 4. The van der Waals surface area contributed by atoms with Crippen LogP contribution in [-0.4, -0.2) is 51.0 Å². The van der Waals surface area contributed by atoms with Gasteiger partial charge in [0.05, 0.1) is 18.4 Å². The minimum atomic E-state index is 0.582. The van der Waals surface area contributed by atoms with Crippen LogP contribution in [0.4, 0.5) is 0 Å². The lowest BCUT2D eigenvalue weighted by Gasteiger charge is -2.25. The zero-order chi connectivity index (χ0) is 18.8. The van der Waals surface area contributed by atoms with Gasteiger partial charge in [-0.3, -0.25) is 4.90 Å². The lowest BCUT2D eigenvalue weighted by Crippen LogP contribution is -2.28. The first-order valence-corrected chi connectivity index (χ1v) is 9.47. The van der Waals surface area contributed by atoms with Crippen molar-refractivity contribution in [2.24, 2.45) is 0 Å². The third-order valence-corrected chi connectivity index (χ3v) is 5.02. The molecule has 0 aliphatic carbocycles. The van der Waals surface area contributed by atoms with E-state index in [0.29, 0.717) is 13.2 Å². The van der Waals surface area contributed by atoms with Crippen LogP contribution in [0.15, 0.2) is 55.1 Å². The molecule has 0 spiro atoms. The van der Waals surface area contributed by atoms with Crippen LogP contribution in [0.1, 0.15) is 17.8 Å². The van der Waals surface area contributed by atoms with Crippen LogP contribution in [-0.2, 0) is 6.54 Å². The van der Waals surface area contributed by atoms with E-state index < -0.39 is 0 Å². The van der Waals surface area contributed by atoms with E-state index in [2.05, 4.69) is 32.2 Å². The molecule has 0 N–H and O–H groups in total. The van der Waals surface area contributed by atoms with Gasteiger partial charge in [-0.2, -0.15) is 5.10 Å². The lowest BCUT2D eigenvalue weighted by atomic mass is 10.0. The number of hydrogen-bond donors (Lipinski definition) is 0. The fraction of sp³-hybridized carbons (Fsp3) is 0.286. The Kier molecular flexibility index (Phi) is 4.50. The normalized spacial score (nSPS) is 16.6. The number of hydrogen-bond acceptors (Lipinski definition) is 6. The SMILES string of the molecule is C1=C(c2cnn(-c3ccc4c(c3)OCCO4)c2)CCN(Cc2ncccn2)C1. The molecule has 0 unspecified atom stereocenters. The van der Waals surface area contributed by atoms with Gasteiger partial charge in [0.15, 0.2) is 11.5 Å². The number of fused-ring (bicyclic) bond motifs is 1. The molecule has 0 bridgehead atoms. The Hall–Kier alpha value is -3.19. The van der Waals surface area contributed by atoms with Crippen molar-refractivity contribution in [3.8, 4) is 17.2 Å². The Bertz CT molecular complexity index is 999. The molecule has 2 aromatic heterocycles. The van der Waals surface area contributed by atoms with E-state index in [-0.39, 0.29) is 0 Å². The van der Waals surface area contributed by atoms with Gasteiger partial charge in [-0.05, 0) is 30.2 Å². The second-order valence-corrected chi connectivity index (χ2v) is 6.88. The molecular weight excluding hydrogens is 354 g/mol. The molecule has 5 rings (SSSR count). The fourth-order valence-electron chi connectivity index (χ4n) is 3.53. The molecule has 0 fully saturated rings. The van der Waals surface area contributed by atoms with Crippen LogP contribution in [0, 0.1) is 0 Å². The Morgan fingerprint density at radius 1 is 1.04 bits per heavy atom. The molecule has 2 aliphatic rings. The Morgan fingerprint density at radius 3 is 2.71 bits per heavy atom. The van der Waals surface area contributed by atoms with E-state index in [1.54, 1.807) is 12.4 Å². The van der Waals surface area contributed by atoms with Crippen LogP contribution >= 0.6 is 0 Å². The molecule has 7 nitrogen and oxygen atoms in total. The highest BCUT2D eigenvalue weighted by molar-refractivity contribution is 5.66. The van der Waals surface area contributed by atoms with Crippen molar-refractivity contribution in [2.75, 3.05) is 26.3 Å². The molecule has 3 aromatic rings. The highest BCUT2D eigenvalue weighted by atomic mass is 16.6. The van der Waals surface area contributed by atoms with E-state index in [1.165, 1.54) is 5.57 Å². The van der Waals surface area contributed by atoms with Crippen LogP contribution < -0.4 is 9.47 Å². The van der Waals surface area contributed by atoms with E-state index in [4.69, 9.17) is 9.47 Å². The third-order valence-electron chi connectivity index (χ3n) is 5.02. The second-order valence-electron chi connectivity index (χ2n) is 6.88. The first-order chi connectivity index (χ1) is 13.8. The molecule has 0 radical (unpaired) electrons. The summed E-state index contributed by atoms with van der Waals surface area (Å²) in [6, 6.07) is 7.76. The van der Waals surface area contributed by atoms with E-state index in [9.17, 15) is 0 Å². The van der Waals surface area contributed by atoms with Gasteiger partial charge in [-0.25, -0.2) is 14.6 Å². The molecule has 28 heavy (non-hydrogen) atoms. The topological polar surface area (TPSA) is 65.3 Å². The Balaban J connectivity index is 1.29. The van der Waals surface area contributed by atoms with Crippen LogP contribution in [0.3, 0.4) is 0 Å². The van der Waals surface area contributed by atoms with Crippen molar-refractivity contribution in [1.82, 2.24) is 24.6 Å². The van der Waals surface area contributed by atoms with Gasteiger partial charge >= 0.3 is 0 Å². The summed E-state index contributed by atoms with van der Waals surface area (Å²) in [6.45, 7) is 3.83. The highest BCUT2D eigenvalue weighted by Gasteiger charge is 2.17. The number of aromatic nitrogens is 4. The van der Waals surface area contributed by atoms with Gasteiger partial charge in [-0.15, -0.1) is 0 Å². The molecule has 7 heteroatoms. The van der Waals surface area contributed by atoms with Crippen molar-refractivity contribution >= 4 is 5.57 Å². The third kappa shape index (κ3) is 3.48. The summed E-state index contributed by atoms with van der Waals surface area (Å²) in [6.07, 6.45) is 10.8. The minimum absolute atomic E-state index is 0.582. The maximum atomic E-state index is 5.68. The van der Waals surface area contributed by atoms with Crippen molar-refractivity contribution < 1.29 is 9.47 Å². The van der Waals surface area contributed by atoms with Crippen LogP contribution in [0.25, 0.3) is 11.3 Å². The molecule has 0 saturated carbocycles. The fourth-order valence-corrected chi connectivity index (χ4v) is 3.53. The predicted molar refractivity (Wildman–Crippen MR) is 104 cm³/mol. The first kappa shape index (κ1) is 16.9. The number of benzene rings is 1. The molecule has 0 amide bonds. The van der Waals surface area contributed by atoms with Gasteiger partial charge in [0.25, 0.3) is 0 Å². The van der Waals surface area contributed by atoms with Crippen molar-refractivity contribution in [3.05, 3.63) is 66.5 Å². The second kappa shape index (κ2) is 7.44. The molecule has 142 valence electrons. The Labute approximate surface area is 163 Å². The van der Waals surface area contributed by atoms with E-state index in [1.807, 2.05) is 35.1 Å². The number of ether oxygens (including phenoxy) is 2. The largest absolute Gasteiger partial charge is 0.486 e. The summed E-state index contributed by atoms with van der Waals surface area (Å²) in [5.41, 5.74) is 3.45. The van der Waals surface area contributed by atoms with E-state index >= 15 is 0 Å². The summed E-state index contributed by atoms with van der Waals surface area (Å²) in [5.74, 6) is 2.43. The van der Waals surface area contributed by atoms with Gasteiger partial charge in [0.1, 0.15) is 19.0 Å². The zero-order valence-corrected chi connectivity index (χ0v) is 15.5. The van der Waals surface area contributed by atoms with Crippen molar-refractivity contribution in [2.45, 2.75) is 13.0 Å². The summed E-state index contributed by atoms with van der Waals surface area (Å²) < 4.78 is 13.2. The highest BCUT2D eigenvalue weighted by Crippen LogP contribution is 2.32. The smallest absolute Gasteiger partial charge is 0.163 e. The van der Waals surface area contributed by atoms with Gasteiger partial charge in [-0.1, -0.05) is 6.08 Å². The lowest BCUT2D eigenvalue weighted by molar-refractivity contribution is 0.171. The van der Waals surface area contributed by atoms with E-state index in [0.717, 1.165) is 54.6 Å². The summed E-state index contributed by atoms with van der Waals surface area (Å²) in [4.78, 5) is 11.0. The van der Waals surface area contributed by atoms with Crippen LogP contribution in [0.2, 0.25) is 0 Å². The van der Waals surface area contributed by atoms with Crippen molar-refractivity contribution in [3.63, 3.8) is 0 Å². The zero-order valence-electron chi connectivity index (χ0n) is 15.5. The summed E-state index contributed by atoms with van der Waals surface area (Å²) in [5, 5.41) is 4.54. The van der Waals surface area contributed by atoms with Crippen molar-refractivity contribution in [1.29, 1.82) is 0 Å². The van der Waals surface area contributed by atoms with Gasteiger partial charge < -0.3 is 9.47 Å². The molecule has 2 aliphatic heterocycles. The molecule has 1 aromatic carbocycles. The summed E-state index contributed by atoms with van der Waals surface area (Å²) in [7, 11) is 0. The van der Waals surface area contributed by atoms with Gasteiger partial charge in [0, 0.05) is 43.3 Å². The molecule has 0 saturated heterocycles. The monoisotopic (exact) mass is 375 g/mol. The Morgan fingerprint density at radius 2 is 1.89 bits per heavy atom. The number of nitrogens with zero attached hydrogens (tertiary/aromatic N) is 5. The van der Waals surface area contributed by atoms with Gasteiger partial charge in [0.2, 0.25) is 0 Å². The predicted octanol–water partition coefficient (Wildman–Crippen LogP) is 2.72. The standard InChI is InChI=1S/C21H21N5O2/c1-6-22-21(23-7-1)15-25-8-4-16(5-9-25)17-13-24-26(14-17)18-2-3-19-20(12-18)28-11-10-27-19/h1-4,6-7,12-14H,5,8-11,15H2.